The van der Waals surface area contributed by atoms with Gasteiger partial charge in [0.1, 0.15) is 17.6 Å². The molecule has 4 rings (SSSR count). The van der Waals surface area contributed by atoms with Crippen LogP contribution in [0.4, 0.5) is 5.69 Å². The molecule has 1 aromatic heterocycles. The van der Waals surface area contributed by atoms with Crippen LogP contribution < -0.4 is 10.1 Å². The Balaban J connectivity index is 1.42. The molecule has 33 heavy (non-hydrogen) atoms. The molecule has 6 heteroatoms. The first kappa shape index (κ1) is 21.8. The van der Waals surface area contributed by atoms with Crippen LogP contribution in [0.3, 0.4) is 0 Å². The number of imidazole rings is 1. The molecule has 0 aliphatic rings. The summed E-state index contributed by atoms with van der Waals surface area (Å²) in [4.78, 5) is 19.9. The predicted octanol–water partition coefficient (Wildman–Crippen LogP) is 5.57. The van der Waals surface area contributed by atoms with Crippen LogP contribution in [0.5, 0.6) is 5.75 Å². The largest absolute Gasteiger partial charge is 0.484 e. The maximum atomic E-state index is 12.1. The van der Waals surface area contributed by atoms with Gasteiger partial charge in [-0.3, -0.25) is 4.79 Å². The molecule has 1 heterocycles. The van der Waals surface area contributed by atoms with Crippen molar-refractivity contribution in [2.75, 3.05) is 11.9 Å². The lowest BCUT2D eigenvalue weighted by Gasteiger charge is -2.08. The van der Waals surface area contributed by atoms with Crippen molar-refractivity contribution in [3.63, 3.8) is 0 Å². The quantitative estimate of drug-likeness (QED) is 0.387. The highest BCUT2D eigenvalue weighted by atomic mass is 16.5. The van der Waals surface area contributed by atoms with E-state index in [0.717, 1.165) is 33.4 Å². The molecule has 0 saturated heterocycles. The van der Waals surface area contributed by atoms with E-state index in [1.165, 1.54) is 5.56 Å². The highest BCUT2D eigenvalue weighted by molar-refractivity contribution is 5.92. The first-order valence-electron chi connectivity index (χ1n) is 10.6. The van der Waals surface area contributed by atoms with Crippen molar-refractivity contribution < 1.29 is 9.53 Å². The highest BCUT2D eigenvalue weighted by Gasteiger charge is 2.10. The maximum absolute atomic E-state index is 12.1. The van der Waals surface area contributed by atoms with Crippen molar-refractivity contribution >= 4 is 34.3 Å². The number of aryl methyl sites for hydroxylation is 3. The van der Waals surface area contributed by atoms with Gasteiger partial charge in [-0.2, -0.15) is 5.26 Å². The van der Waals surface area contributed by atoms with Crippen molar-refractivity contribution in [3.8, 4) is 11.8 Å². The lowest BCUT2D eigenvalue weighted by molar-refractivity contribution is -0.118. The highest BCUT2D eigenvalue weighted by Crippen LogP contribution is 2.23. The second-order valence-corrected chi connectivity index (χ2v) is 7.98. The molecular formula is C27H24N4O2. The topological polar surface area (TPSA) is 90.8 Å². The summed E-state index contributed by atoms with van der Waals surface area (Å²) in [5.41, 5.74) is 7.19. The van der Waals surface area contributed by atoms with Crippen LogP contribution in [0.2, 0.25) is 0 Å². The zero-order valence-corrected chi connectivity index (χ0v) is 18.8. The number of nitriles is 1. The number of fused-ring (bicyclic) bond motifs is 1. The number of nitrogens with zero attached hydrogens (tertiary/aromatic N) is 2. The summed E-state index contributed by atoms with van der Waals surface area (Å²) in [6, 6.07) is 21.1. The third-order valence-corrected chi connectivity index (χ3v) is 5.37. The molecule has 0 unspecified atom stereocenters. The minimum Gasteiger partial charge on any atom is -0.484 e. The van der Waals surface area contributed by atoms with Crippen LogP contribution in [0.15, 0.2) is 60.7 Å². The van der Waals surface area contributed by atoms with E-state index in [0.29, 0.717) is 17.1 Å². The van der Waals surface area contributed by atoms with Crippen LogP contribution >= 0.6 is 0 Å². The van der Waals surface area contributed by atoms with Gasteiger partial charge < -0.3 is 15.0 Å². The molecule has 0 radical (unpaired) electrons. The van der Waals surface area contributed by atoms with E-state index < -0.39 is 0 Å². The summed E-state index contributed by atoms with van der Waals surface area (Å²) in [5.74, 6) is 0.870. The molecule has 0 aliphatic heterocycles. The minimum atomic E-state index is -0.232. The fourth-order valence-electron chi connectivity index (χ4n) is 3.36. The van der Waals surface area contributed by atoms with Crippen LogP contribution in [0.1, 0.15) is 28.1 Å². The van der Waals surface area contributed by atoms with E-state index in [-0.39, 0.29) is 12.5 Å². The Bertz CT molecular complexity index is 1340. The van der Waals surface area contributed by atoms with Crippen molar-refractivity contribution in [1.29, 1.82) is 5.26 Å². The van der Waals surface area contributed by atoms with E-state index in [1.54, 1.807) is 18.2 Å². The number of H-pyrrole nitrogens is 1. The second-order valence-electron chi connectivity index (χ2n) is 7.98. The smallest absolute Gasteiger partial charge is 0.262 e. The van der Waals surface area contributed by atoms with Crippen LogP contribution in [0.25, 0.3) is 22.7 Å². The summed E-state index contributed by atoms with van der Waals surface area (Å²) in [5, 5.41) is 12.5. The average molecular weight is 437 g/mol. The number of benzene rings is 3. The summed E-state index contributed by atoms with van der Waals surface area (Å²) in [6.07, 6.45) is 1.77. The maximum Gasteiger partial charge on any atom is 0.262 e. The number of carbonyl (C=O) groups is 1. The van der Waals surface area contributed by atoms with Gasteiger partial charge in [0, 0.05) is 5.69 Å². The van der Waals surface area contributed by atoms with Crippen LogP contribution in [-0.2, 0) is 4.79 Å². The Hall–Kier alpha value is -4.37. The standard InChI is InChI=1S/C27H24N4O2/c1-17-4-8-22(9-5-17)29-26(32)16-33-23-10-6-20(7-11-23)14-21(15-28)27-30-24-12-18(2)19(3)13-25(24)31-27/h4-14H,16H2,1-3H3,(H,29,32)(H,30,31). The number of anilines is 1. The fraction of sp³-hybridized carbons (Fsp3) is 0.148. The summed E-state index contributed by atoms with van der Waals surface area (Å²) >= 11 is 0. The van der Waals surface area contributed by atoms with E-state index in [9.17, 15) is 10.1 Å². The SMILES string of the molecule is Cc1ccc(NC(=O)COc2ccc(C=C(C#N)c3nc4cc(C)c(C)cc4[nH]3)cc2)cc1. The van der Waals surface area contributed by atoms with Gasteiger partial charge in [-0.25, -0.2) is 4.98 Å². The Morgan fingerprint density at radius 2 is 1.76 bits per heavy atom. The monoisotopic (exact) mass is 436 g/mol. The lowest BCUT2D eigenvalue weighted by Crippen LogP contribution is -2.20. The van der Waals surface area contributed by atoms with Crippen molar-refractivity contribution in [2.45, 2.75) is 20.8 Å². The van der Waals surface area contributed by atoms with E-state index in [4.69, 9.17) is 4.74 Å². The number of aromatic nitrogens is 2. The minimum absolute atomic E-state index is 0.0929. The lowest BCUT2D eigenvalue weighted by atomic mass is 10.1. The normalized spacial score (nSPS) is 11.3. The van der Waals surface area contributed by atoms with Gasteiger partial charge in [-0.05, 0) is 79.9 Å². The van der Waals surface area contributed by atoms with E-state index in [2.05, 4.69) is 21.4 Å². The molecule has 0 bridgehead atoms. The number of nitrogens with one attached hydrogen (secondary N) is 2. The summed E-state index contributed by atoms with van der Waals surface area (Å²) in [7, 11) is 0. The molecule has 0 saturated carbocycles. The summed E-state index contributed by atoms with van der Waals surface area (Å²) in [6.45, 7) is 5.99. The predicted molar refractivity (Wildman–Crippen MR) is 131 cm³/mol. The molecule has 4 aromatic rings. The summed E-state index contributed by atoms with van der Waals surface area (Å²) < 4.78 is 5.58. The number of amides is 1. The van der Waals surface area contributed by atoms with Crippen LogP contribution in [-0.4, -0.2) is 22.5 Å². The zero-order valence-electron chi connectivity index (χ0n) is 18.8. The molecule has 0 fully saturated rings. The molecular weight excluding hydrogens is 412 g/mol. The molecule has 0 spiro atoms. The number of hydrogen-bond acceptors (Lipinski definition) is 4. The van der Waals surface area contributed by atoms with Gasteiger partial charge in [0.05, 0.1) is 16.6 Å². The van der Waals surface area contributed by atoms with E-state index >= 15 is 0 Å². The number of aromatic amines is 1. The Morgan fingerprint density at radius 1 is 1.06 bits per heavy atom. The van der Waals surface area contributed by atoms with Crippen molar-refractivity contribution in [2.24, 2.45) is 0 Å². The Labute approximate surface area is 192 Å². The Kier molecular flexibility index (Phi) is 6.23. The van der Waals surface area contributed by atoms with Crippen molar-refractivity contribution in [1.82, 2.24) is 9.97 Å². The number of ether oxygens (including phenoxy) is 1. The third kappa shape index (κ3) is 5.28. The van der Waals surface area contributed by atoms with Gasteiger partial charge >= 0.3 is 0 Å². The fourth-order valence-corrected chi connectivity index (χ4v) is 3.36. The molecule has 0 aliphatic carbocycles. The van der Waals surface area contributed by atoms with Gasteiger partial charge in [0.15, 0.2) is 6.61 Å². The molecule has 164 valence electrons. The first-order chi connectivity index (χ1) is 15.9. The number of carbonyl (C=O) groups excluding carboxylic acids is 1. The second kappa shape index (κ2) is 9.41. The first-order valence-corrected chi connectivity index (χ1v) is 10.6. The molecule has 1 amide bonds. The number of rotatable bonds is 6. The van der Waals surface area contributed by atoms with Gasteiger partial charge in [-0.1, -0.05) is 29.8 Å². The van der Waals surface area contributed by atoms with Gasteiger partial charge in [0.2, 0.25) is 0 Å². The molecule has 6 nitrogen and oxygen atoms in total. The van der Waals surface area contributed by atoms with E-state index in [1.807, 2.05) is 69.3 Å². The van der Waals surface area contributed by atoms with Crippen molar-refractivity contribution in [3.05, 3.63) is 88.7 Å². The van der Waals surface area contributed by atoms with Crippen LogP contribution in [0, 0.1) is 32.1 Å². The van der Waals surface area contributed by atoms with Gasteiger partial charge in [-0.15, -0.1) is 0 Å². The molecule has 3 aromatic carbocycles. The molecule has 2 N–H and O–H groups in total. The Morgan fingerprint density at radius 3 is 2.45 bits per heavy atom. The number of hydrogen-bond donors (Lipinski definition) is 2. The average Bonchev–Trinajstić information content (AvgIpc) is 3.21. The zero-order chi connectivity index (χ0) is 23.4. The van der Waals surface area contributed by atoms with Gasteiger partial charge in [0.25, 0.3) is 5.91 Å². The third-order valence-electron chi connectivity index (χ3n) is 5.37. The molecule has 0 atom stereocenters. The number of allylic oxidation sites excluding steroid dienone is 1.